The van der Waals surface area contributed by atoms with Gasteiger partial charge in [0, 0.05) is 6.61 Å². The van der Waals surface area contributed by atoms with Crippen LogP contribution in [0, 0.1) is 10.1 Å². The summed E-state index contributed by atoms with van der Waals surface area (Å²) in [7, 11) is 0. The Kier molecular flexibility index (Phi) is 5.07. The van der Waals surface area contributed by atoms with Crippen LogP contribution in [0.4, 0.5) is 0 Å². The minimum Gasteiger partial charge on any atom is -0.508 e. The zero-order valence-electron chi connectivity index (χ0n) is 8.67. The van der Waals surface area contributed by atoms with Crippen LogP contribution in [0.3, 0.4) is 0 Å². The molecule has 1 N–H and O–H groups in total. The molecule has 0 radical (unpaired) electrons. The largest absolute Gasteiger partial charge is 0.508 e. The molecule has 1 rings (SSSR count). The maximum absolute atomic E-state index is 9.80. The van der Waals surface area contributed by atoms with E-state index in [2.05, 4.69) is 4.84 Å². The fourth-order valence-electron chi connectivity index (χ4n) is 1.08. The van der Waals surface area contributed by atoms with E-state index in [9.17, 15) is 10.1 Å². The van der Waals surface area contributed by atoms with Gasteiger partial charge in [0.15, 0.2) is 0 Å². The summed E-state index contributed by atoms with van der Waals surface area (Å²) in [5.74, 6) is 0.211. The summed E-state index contributed by atoms with van der Waals surface area (Å²) in [5, 5.41) is 18.0. The lowest BCUT2D eigenvalue weighted by molar-refractivity contribution is -0.757. The van der Waals surface area contributed by atoms with E-state index < -0.39 is 5.09 Å². The molecule has 0 spiro atoms. The molecule has 6 nitrogen and oxygen atoms in total. The molecule has 0 aliphatic heterocycles. The minimum absolute atomic E-state index is 0.0442. The van der Waals surface area contributed by atoms with Gasteiger partial charge in [0.25, 0.3) is 5.09 Å². The van der Waals surface area contributed by atoms with E-state index in [1.165, 1.54) is 0 Å². The number of phenolic OH excluding ortho intramolecular Hbond substituents is 1. The van der Waals surface area contributed by atoms with Crippen molar-refractivity contribution in [1.29, 1.82) is 0 Å². The van der Waals surface area contributed by atoms with Crippen LogP contribution in [0.1, 0.15) is 12.0 Å². The van der Waals surface area contributed by atoms with Gasteiger partial charge in [-0.05, 0) is 24.1 Å². The van der Waals surface area contributed by atoms with Gasteiger partial charge < -0.3 is 14.7 Å². The number of rotatable bonds is 7. The van der Waals surface area contributed by atoms with Crippen molar-refractivity contribution in [3.05, 3.63) is 39.9 Å². The summed E-state index contributed by atoms with van der Waals surface area (Å²) < 4.78 is 5.26. The molecule has 0 saturated carbocycles. The average molecular weight is 227 g/mol. The van der Waals surface area contributed by atoms with Crippen molar-refractivity contribution in [3.8, 4) is 5.75 Å². The smallest absolute Gasteiger partial charge is 0.294 e. The van der Waals surface area contributed by atoms with Crippen LogP contribution in [0.2, 0.25) is 0 Å². The van der Waals surface area contributed by atoms with E-state index in [0.29, 0.717) is 19.6 Å². The second-order valence-electron chi connectivity index (χ2n) is 3.13. The van der Waals surface area contributed by atoms with Crippen molar-refractivity contribution in [3.63, 3.8) is 0 Å². The maximum atomic E-state index is 9.80. The number of ether oxygens (including phenoxy) is 1. The number of nitrogens with zero attached hydrogens (tertiary/aromatic N) is 1. The summed E-state index contributed by atoms with van der Waals surface area (Å²) in [6.07, 6.45) is 0.471. The minimum atomic E-state index is -0.819. The van der Waals surface area contributed by atoms with Crippen molar-refractivity contribution in [2.75, 3.05) is 13.2 Å². The van der Waals surface area contributed by atoms with Gasteiger partial charge in [-0.2, -0.15) is 0 Å². The Morgan fingerprint density at radius 1 is 1.25 bits per heavy atom. The fourth-order valence-corrected chi connectivity index (χ4v) is 1.08. The molecule has 88 valence electrons. The van der Waals surface area contributed by atoms with Crippen molar-refractivity contribution in [2.45, 2.75) is 13.0 Å². The van der Waals surface area contributed by atoms with E-state index >= 15 is 0 Å². The van der Waals surface area contributed by atoms with Crippen LogP contribution in [-0.2, 0) is 16.2 Å². The monoisotopic (exact) mass is 227 g/mol. The van der Waals surface area contributed by atoms with Crippen LogP contribution in [0.15, 0.2) is 24.3 Å². The highest BCUT2D eigenvalue weighted by Crippen LogP contribution is 2.10. The Balaban J connectivity index is 2.07. The van der Waals surface area contributed by atoms with Gasteiger partial charge in [-0.1, -0.05) is 12.1 Å². The molecule has 1 aromatic rings. The van der Waals surface area contributed by atoms with Gasteiger partial charge in [0.1, 0.15) is 5.75 Å². The molecule has 0 amide bonds. The first-order valence-corrected chi connectivity index (χ1v) is 4.81. The van der Waals surface area contributed by atoms with Crippen molar-refractivity contribution in [1.82, 2.24) is 0 Å². The summed E-state index contributed by atoms with van der Waals surface area (Å²) in [4.78, 5) is 13.9. The number of aromatic hydroxyl groups is 1. The predicted octanol–water partition coefficient (Wildman–Crippen LogP) is 1.51. The molecule has 0 unspecified atom stereocenters. The Morgan fingerprint density at radius 2 is 1.94 bits per heavy atom. The third-order valence-corrected chi connectivity index (χ3v) is 1.83. The molecule has 0 heterocycles. The average Bonchev–Trinajstić information content (AvgIpc) is 2.25. The molecule has 1 aromatic carbocycles. The highest BCUT2D eigenvalue weighted by molar-refractivity contribution is 5.25. The SMILES string of the molecule is O=[N+]([O-])OCCCOCc1ccc(O)cc1. The normalized spacial score (nSPS) is 10.0. The maximum Gasteiger partial charge on any atom is 0.294 e. The van der Waals surface area contributed by atoms with E-state index in [1.807, 2.05) is 0 Å². The van der Waals surface area contributed by atoms with E-state index in [0.717, 1.165) is 5.56 Å². The number of hydrogen-bond acceptors (Lipinski definition) is 5. The molecule has 0 saturated heterocycles. The van der Waals surface area contributed by atoms with Gasteiger partial charge in [0.2, 0.25) is 0 Å². The lowest BCUT2D eigenvalue weighted by Crippen LogP contribution is -2.05. The first-order chi connectivity index (χ1) is 7.68. The van der Waals surface area contributed by atoms with Gasteiger partial charge in [-0.3, -0.25) is 0 Å². The summed E-state index contributed by atoms with van der Waals surface area (Å²) in [5.41, 5.74) is 0.938. The Morgan fingerprint density at radius 3 is 2.56 bits per heavy atom. The molecule has 0 aromatic heterocycles. The molecular formula is C10H13NO5. The highest BCUT2D eigenvalue weighted by atomic mass is 16.9. The number of hydrogen-bond donors (Lipinski definition) is 1. The zero-order valence-corrected chi connectivity index (χ0v) is 8.67. The van der Waals surface area contributed by atoms with Gasteiger partial charge >= 0.3 is 0 Å². The second-order valence-corrected chi connectivity index (χ2v) is 3.13. The summed E-state index contributed by atoms with van der Waals surface area (Å²) >= 11 is 0. The molecule has 0 aliphatic carbocycles. The van der Waals surface area contributed by atoms with Gasteiger partial charge in [-0.25, -0.2) is 0 Å². The molecule has 16 heavy (non-hydrogen) atoms. The summed E-state index contributed by atoms with van der Waals surface area (Å²) in [6.45, 7) is 0.857. The standard InChI is InChI=1S/C10H13NO5/c12-10-4-2-9(3-5-10)8-15-6-1-7-16-11(13)14/h2-5,12H,1,6-8H2. The summed E-state index contributed by atoms with van der Waals surface area (Å²) in [6, 6.07) is 6.66. The van der Waals surface area contributed by atoms with Crippen molar-refractivity contribution in [2.24, 2.45) is 0 Å². The first-order valence-electron chi connectivity index (χ1n) is 4.81. The fraction of sp³-hybridized carbons (Fsp3) is 0.400. The molecule has 0 atom stereocenters. The Labute approximate surface area is 92.5 Å². The predicted molar refractivity (Wildman–Crippen MR) is 55.3 cm³/mol. The lowest BCUT2D eigenvalue weighted by atomic mass is 10.2. The Hall–Kier alpha value is -1.82. The van der Waals surface area contributed by atoms with Crippen LogP contribution in [0.25, 0.3) is 0 Å². The van der Waals surface area contributed by atoms with E-state index in [-0.39, 0.29) is 12.4 Å². The number of phenols is 1. The van der Waals surface area contributed by atoms with Crippen LogP contribution >= 0.6 is 0 Å². The molecule has 0 bridgehead atoms. The molecular weight excluding hydrogens is 214 g/mol. The third kappa shape index (κ3) is 5.16. The molecule has 6 heteroatoms. The Bertz CT molecular complexity index is 324. The highest BCUT2D eigenvalue weighted by Gasteiger charge is 1.96. The molecule has 0 fully saturated rings. The van der Waals surface area contributed by atoms with Gasteiger partial charge in [0.05, 0.1) is 13.2 Å². The first kappa shape index (κ1) is 12.3. The van der Waals surface area contributed by atoms with Gasteiger partial charge in [-0.15, -0.1) is 10.1 Å². The van der Waals surface area contributed by atoms with E-state index in [4.69, 9.17) is 9.84 Å². The quantitative estimate of drug-likeness (QED) is 0.433. The lowest BCUT2D eigenvalue weighted by Gasteiger charge is -2.04. The van der Waals surface area contributed by atoms with Crippen LogP contribution in [-0.4, -0.2) is 23.4 Å². The van der Waals surface area contributed by atoms with Crippen molar-refractivity contribution >= 4 is 0 Å². The third-order valence-electron chi connectivity index (χ3n) is 1.83. The second kappa shape index (κ2) is 6.62. The topological polar surface area (TPSA) is 81.8 Å². The van der Waals surface area contributed by atoms with Crippen LogP contribution < -0.4 is 0 Å². The van der Waals surface area contributed by atoms with Crippen LogP contribution in [0.5, 0.6) is 5.75 Å². The van der Waals surface area contributed by atoms with Crippen molar-refractivity contribution < 1.29 is 19.8 Å². The van der Waals surface area contributed by atoms with E-state index in [1.54, 1.807) is 24.3 Å². The molecule has 0 aliphatic rings. The number of benzene rings is 1. The zero-order chi connectivity index (χ0) is 11.8.